The van der Waals surface area contributed by atoms with Gasteiger partial charge in [0, 0.05) is 5.92 Å². The molecular weight excluding hydrogens is 124 g/mol. The van der Waals surface area contributed by atoms with Crippen molar-refractivity contribution in [2.75, 3.05) is 0 Å². The van der Waals surface area contributed by atoms with Crippen LogP contribution in [0, 0.1) is 11.8 Å². The van der Waals surface area contributed by atoms with Crippen molar-refractivity contribution in [3.05, 3.63) is 24.3 Å². The third-order valence-corrected chi connectivity index (χ3v) is 2.26. The Balaban J connectivity index is 2.28. The van der Waals surface area contributed by atoms with Crippen LogP contribution in [0.2, 0.25) is 0 Å². The average molecular weight is 134 g/mol. The molecule has 0 aliphatic heterocycles. The Kier molecular flexibility index (Phi) is 1.23. The lowest BCUT2D eigenvalue weighted by molar-refractivity contribution is -0.116. The van der Waals surface area contributed by atoms with Gasteiger partial charge in [-0.25, -0.2) is 0 Å². The van der Waals surface area contributed by atoms with Gasteiger partial charge in [-0.1, -0.05) is 18.2 Å². The molecule has 2 unspecified atom stereocenters. The van der Waals surface area contributed by atoms with Gasteiger partial charge in [-0.2, -0.15) is 0 Å². The van der Waals surface area contributed by atoms with Gasteiger partial charge in [0.2, 0.25) is 0 Å². The van der Waals surface area contributed by atoms with E-state index in [9.17, 15) is 4.79 Å². The van der Waals surface area contributed by atoms with E-state index in [0.717, 1.165) is 12.8 Å². The molecule has 2 aliphatic rings. The maximum absolute atomic E-state index is 11.1. The highest BCUT2D eigenvalue weighted by atomic mass is 16.1. The van der Waals surface area contributed by atoms with Crippen LogP contribution >= 0.6 is 0 Å². The minimum Gasteiger partial charge on any atom is -0.294 e. The van der Waals surface area contributed by atoms with E-state index in [1.165, 1.54) is 0 Å². The van der Waals surface area contributed by atoms with E-state index in [0.29, 0.717) is 5.92 Å². The van der Waals surface area contributed by atoms with E-state index >= 15 is 0 Å². The number of carbonyl (C=O) groups excluding carboxylic acids is 1. The molecule has 0 amide bonds. The SMILES string of the molecule is O=C1C=CCC2C=CC1C2. The molecule has 0 fully saturated rings. The van der Waals surface area contributed by atoms with Crippen molar-refractivity contribution in [3.8, 4) is 0 Å². The summed E-state index contributed by atoms with van der Waals surface area (Å²) in [6.07, 6.45) is 10.1. The van der Waals surface area contributed by atoms with Crippen LogP contribution in [-0.4, -0.2) is 5.78 Å². The van der Waals surface area contributed by atoms with Gasteiger partial charge in [0.25, 0.3) is 0 Å². The van der Waals surface area contributed by atoms with Crippen LogP contribution in [0.4, 0.5) is 0 Å². The minimum absolute atomic E-state index is 0.212. The van der Waals surface area contributed by atoms with E-state index in [1.54, 1.807) is 6.08 Å². The van der Waals surface area contributed by atoms with Crippen molar-refractivity contribution in [1.29, 1.82) is 0 Å². The van der Waals surface area contributed by atoms with Crippen LogP contribution in [0.25, 0.3) is 0 Å². The largest absolute Gasteiger partial charge is 0.294 e. The zero-order valence-corrected chi connectivity index (χ0v) is 5.79. The van der Waals surface area contributed by atoms with Crippen LogP contribution in [0.15, 0.2) is 24.3 Å². The Morgan fingerprint density at radius 3 is 3.20 bits per heavy atom. The summed E-state index contributed by atoms with van der Waals surface area (Å²) in [5, 5.41) is 0. The molecule has 10 heavy (non-hydrogen) atoms. The first kappa shape index (κ1) is 5.90. The number of hydrogen-bond donors (Lipinski definition) is 0. The second-order valence-corrected chi connectivity index (χ2v) is 3.03. The summed E-state index contributed by atoms with van der Waals surface area (Å²) >= 11 is 0. The number of fused-ring (bicyclic) bond motifs is 2. The van der Waals surface area contributed by atoms with Gasteiger partial charge in [-0.05, 0) is 24.8 Å². The predicted molar refractivity (Wildman–Crippen MR) is 39.5 cm³/mol. The Morgan fingerprint density at radius 1 is 1.40 bits per heavy atom. The summed E-state index contributed by atoms with van der Waals surface area (Å²) in [5.74, 6) is 1.15. The van der Waals surface area contributed by atoms with E-state index in [1.807, 2.05) is 6.08 Å². The van der Waals surface area contributed by atoms with Gasteiger partial charge in [0.1, 0.15) is 0 Å². The standard InChI is InChI=1S/C9H10O/c10-9-3-1-2-7-4-5-8(9)6-7/h1,3-5,7-8H,2,6H2. The first-order valence-electron chi connectivity index (χ1n) is 3.75. The first-order valence-corrected chi connectivity index (χ1v) is 3.75. The van der Waals surface area contributed by atoms with Crippen molar-refractivity contribution in [3.63, 3.8) is 0 Å². The Labute approximate surface area is 60.4 Å². The number of ketones is 1. The number of hydrogen-bond acceptors (Lipinski definition) is 1. The molecule has 2 aliphatic carbocycles. The second kappa shape index (κ2) is 2.08. The highest BCUT2D eigenvalue weighted by Gasteiger charge is 2.24. The molecule has 52 valence electrons. The van der Waals surface area contributed by atoms with Gasteiger partial charge in [-0.3, -0.25) is 4.79 Å². The third-order valence-electron chi connectivity index (χ3n) is 2.26. The summed E-state index contributed by atoms with van der Waals surface area (Å²) < 4.78 is 0. The fraction of sp³-hybridized carbons (Fsp3) is 0.444. The molecule has 0 saturated carbocycles. The molecule has 0 aromatic heterocycles. The molecule has 0 radical (unpaired) electrons. The Morgan fingerprint density at radius 2 is 2.30 bits per heavy atom. The lowest BCUT2D eigenvalue weighted by Gasteiger charge is -2.02. The fourth-order valence-corrected chi connectivity index (χ4v) is 1.64. The van der Waals surface area contributed by atoms with Crippen molar-refractivity contribution < 1.29 is 4.79 Å². The summed E-state index contributed by atoms with van der Waals surface area (Å²) in [6.45, 7) is 0. The molecule has 0 aromatic rings. The Hall–Kier alpha value is -0.850. The van der Waals surface area contributed by atoms with Gasteiger partial charge < -0.3 is 0 Å². The molecular formula is C9H10O. The van der Waals surface area contributed by atoms with Gasteiger partial charge >= 0.3 is 0 Å². The van der Waals surface area contributed by atoms with E-state index in [2.05, 4.69) is 12.2 Å². The van der Waals surface area contributed by atoms with Gasteiger partial charge in [-0.15, -0.1) is 0 Å². The molecule has 0 saturated heterocycles. The smallest absolute Gasteiger partial charge is 0.162 e. The fourth-order valence-electron chi connectivity index (χ4n) is 1.64. The molecule has 0 spiro atoms. The third kappa shape index (κ3) is 0.821. The molecule has 0 N–H and O–H groups in total. The highest BCUT2D eigenvalue weighted by molar-refractivity contribution is 5.93. The number of carbonyl (C=O) groups is 1. The number of allylic oxidation sites excluding steroid dienone is 4. The monoisotopic (exact) mass is 134 g/mol. The lowest BCUT2D eigenvalue weighted by Crippen LogP contribution is -2.05. The van der Waals surface area contributed by atoms with Crippen LogP contribution in [-0.2, 0) is 4.79 Å². The summed E-state index contributed by atoms with van der Waals surface area (Å²) in [5.41, 5.74) is 0. The predicted octanol–water partition coefficient (Wildman–Crippen LogP) is 1.71. The summed E-state index contributed by atoms with van der Waals surface area (Å²) in [4.78, 5) is 11.1. The second-order valence-electron chi connectivity index (χ2n) is 3.03. The van der Waals surface area contributed by atoms with Gasteiger partial charge in [0.05, 0.1) is 0 Å². The van der Waals surface area contributed by atoms with Crippen LogP contribution in [0.5, 0.6) is 0 Å². The van der Waals surface area contributed by atoms with E-state index in [-0.39, 0.29) is 11.7 Å². The van der Waals surface area contributed by atoms with E-state index in [4.69, 9.17) is 0 Å². The molecule has 0 aromatic carbocycles. The van der Waals surface area contributed by atoms with Gasteiger partial charge in [0.15, 0.2) is 5.78 Å². The summed E-state index contributed by atoms with van der Waals surface area (Å²) in [7, 11) is 0. The zero-order chi connectivity index (χ0) is 6.97. The van der Waals surface area contributed by atoms with Crippen LogP contribution < -0.4 is 0 Å². The van der Waals surface area contributed by atoms with Crippen molar-refractivity contribution in [2.24, 2.45) is 11.8 Å². The molecule has 1 nitrogen and oxygen atoms in total. The highest BCUT2D eigenvalue weighted by Crippen LogP contribution is 2.29. The van der Waals surface area contributed by atoms with Crippen LogP contribution in [0.1, 0.15) is 12.8 Å². The minimum atomic E-state index is 0.212. The lowest BCUT2D eigenvalue weighted by atomic mass is 10.0. The Bertz CT molecular complexity index is 213. The van der Waals surface area contributed by atoms with E-state index < -0.39 is 0 Å². The first-order chi connectivity index (χ1) is 4.86. The van der Waals surface area contributed by atoms with Crippen molar-refractivity contribution in [2.45, 2.75) is 12.8 Å². The summed E-state index contributed by atoms with van der Waals surface area (Å²) in [6, 6.07) is 0. The molecule has 2 atom stereocenters. The average Bonchev–Trinajstić information content (AvgIpc) is 2.27. The molecule has 2 bridgehead atoms. The topological polar surface area (TPSA) is 17.1 Å². The number of rotatable bonds is 0. The van der Waals surface area contributed by atoms with Crippen molar-refractivity contribution >= 4 is 5.78 Å². The molecule has 2 rings (SSSR count). The zero-order valence-electron chi connectivity index (χ0n) is 5.79. The quantitative estimate of drug-likeness (QED) is 0.461. The van der Waals surface area contributed by atoms with Crippen LogP contribution in [0.3, 0.4) is 0 Å². The maximum atomic E-state index is 11.1. The van der Waals surface area contributed by atoms with Crippen molar-refractivity contribution in [1.82, 2.24) is 0 Å². The molecule has 0 heterocycles. The molecule has 1 heteroatoms. The maximum Gasteiger partial charge on any atom is 0.162 e. The normalized spacial score (nSPS) is 36.6.